The predicted octanol–water partition coefficient (Wildman–Crippen LogP) is 5.58. The van der Waals surface area contributed by atoms with Crippen molar-refractivity contribution < 1.29 is 4.79 Å². The summed E-state index contributed by atoms with van der Waals surface area (Å²) in [5.41, 5.74) is 3.85. The van der Waals surface area contributed by atoms with Gasteiger partial charge in [-0.3, -0.25) is 4.79 Å². The van der Waals surface area contributed by atoms with Crippen molar-refractivity contribution in [2.75, 3.05) is 0 Å². The van der Waals surface area contributed by atoms with Gasteiger partial charge in [0, 0.05) is 17.0 Å². The summed E-state index contributed by atoms with van der Waals surface area (Å²) in [6.45, 7) is 3.92. The summed E-state index contributed by atoms with van der Waals surface area (Å²) < 4.78 is 0. The molecule has 3 nitrogen and oxygen atoms in total. The number of nitrogens with zero attached hydrogens (tertiary/aromatic N) is 1. The van der Waals surface area contributed by atoms with Crippen molar-refractivity contribution in [2.24, 2.45) is 0 Å². The third-order valence-electron chi connectivity index (χ3n) is 4.64. The number of hydrogen-bond acceptors (Lipinski definition) is 4. The number of rotatable bonds is 3. The van der Waals surface area contributed by atoms with E-state index in [4.69, 9.17) is 11.6 Å². The minimum atomic E-state index is 0.0112. The number of thiophene rings is 2. The van der Waals surface area contributed by atoms with Crippen molar-refractivity contribution in [1.82, 2.24) is 10.3 Å². The average molecular weight is 377 g/mol. The highest BCUT2D eigenvalue weighted by Gasteiger charge is 2.26. The Morgan fingerprint density at radius 1 is 1.38 bits per heavy atom. The van der Waals surface area contributed by atoms with Crippen LogP contribution >= 0.6 is 34.3 Å². The molecule has 0 unspecified atom stereocenters. The van der Waals surface area contributed by atoms with E-state index in [2.05, 4.69) is 21.7 Å². The second-order valence-corrected chi connectivity index (χ2v) is 8.39. The van der Waals surface area contributed by atoms with Crippen molar-refractivity contribution in [3.8, 4) is 11.1 Å². The molecule has 3 aromatic heterocycles. The maximum absolute atomic E-state index is 12.9. The first-order chi connectivity index (χ1) is 11.6. The Hall–Kier alpha value is -1.43. The van der Waals surface area contributed by atoms with Crippen molar-refractivity contribution >= 4 is 50.4 Å². The second kappa shape index (κ2) is 6.14. The third kappa shape index (κ3) is 2.55. The second-order valence-electron chi connectivity index (χ2n) is 6.24. The molecule has 0 aliphatic heterocycles. The van der Waals surface area contributed by atoms with Crippen molar-refractivity contribution in [3.05, 3.63) is 38.0 Å². The molecule has 1 N–H and O–H groups in total. The first kappa shape index (κ1) is 16.1. The highest BCUT2D eigenvalue weighted by Crippen LogP contribution is 2.42. The molecule has 0 atom stereocenters. The van der Waals surface area contributed by atoms with E-state index in [9.17, 15) is 4.79 Å². The molecule has 24 heavy (non-hydrogen) atoms. The molecule has 124 valence electrons. The van der Waals surface area contributed by atoms with E-state index >= 15 is 0 Å². The fourth-order valence-corrected chi connectivity index (χ4v) is 5.06. The number of halogens is 1. The number of amides is 1. The van der Waals surface area contributed by atoms with Gasteiger partial charge in [-0.15, -0.1) is 11.3 Å². The van der Waals surface area contributed by atoms with Gasteiger partial charge in [0.2, 0.25) is 0 Å². The van der Waals surface area contributed by atoms with Gasteiger partial charge < -0.3 is 5.32 Å². The zero-order valence-electron chi connectivity index (χ0n) is 13.5. The van der Waals surface area contributed by atoms with E-state index in [-0.39, 0.29) is 5.91 Å². The molecule has 3 heterocycles. The lowest BCUT2D eigenvalue weighted by atomic mass is 9.93. The fourth-order valence-electron chi connectivity index (χ4n) is 3.07. The Morgan fingerprint density at radius 3 is 2.79 bits per heavy atom. The number of carbonyl (C=O) groups excluding carboxylic acids is 1. The first-order valence-electron chi connectivity index (χ1n) is 7.99. The summed E-state index contributed by atoms with van der Waals surface area (Å²) in [4.78, 5) is 19.1. The lowest BCUT2D eigenvalue weighted by Gasteiger charge is -2.26. The summed E-state index contributed by atoms with van der Waals surface area (Å²) in [5, 5.41) is 8.96. The first-order valence-corrected chi connectivity index (χ1v) is 10.1. The van der Waals surface area contributed by atoms with Gasteiger partial charge in [0.05, 0.1) is 10.7 Å². The number of fused-ring (bicyclic) bond motifs is 1. The Balaban J connectivity index is 1.93. The largest absolute Gasteiger partial charge is 0.349 e. The van der Waals surface area contributed by atoms with Crippen LogP contribution in [-0.4, -0.2) is 16.9 Å². The van der Waals surface area contributed by atoms with Gasteiger partial charge in [-0.2, -0.15) is 11.3 Å². The number of hydrogen-bond donors (Lipinski definition) is 1. The van der Waals surface area contributed by atoms with E-state index in [0.717, 1.165) is 50.3 Å². The Bertz CT molecular complexity index is 927. The third-order valence-corrected chi connectivity index (χ3v) is 6.96. The van der Waals surface area contributed by atoms with Crippen LogP contribution in [0, 0.1) is 13.8 Å². The molecule has 0 spiro atoms. The highest BCUT2D eigenvalue weighted by molar-refractivity contribution is 7.21. The topological polar surface area (TPSA) is 42.0 Å². The van der Waals surface area contributed by atoms with Gasteiger partial charge >= 0.3 is 0 Å². The van der Waals surface area contributed by atoms with E-state index in [1.165, 1.54) is 17.8 Å². The van der Waals surface area contributed by atoms with Crippen LogP contribution in [0.1, 0.15) is 40.2 Å². The normalized spacial score (nSPS) is 14.8. The molecule has 6 heteroatoms. The maximum atomic E-state index is 12.9. The predicted molar refractivity (Wildman–Crippen MR) is 103 cm³/mol. The molecule has 1 aliphatic carbocycles. The van der Waals surface area contributed by atoms with Crippen molar-refractivity contribution in [1.29, 1.82) is 0 Å². The molecule has 4 rings (SSSR count). The number of carbonyl (C=O) groups is 1. The van der Waals surface area contributed by atoms with Gasteiger partial charge in [-0.05, 0) is 61.1 Å². The van der Waals surface area contributed by atoms with Gasteiger partial charge in [0.15, 0.2) is 0 Å². The smallest absolute Gasteiger partial charge is 0.262 e. The van der Waals surface area contributed by atoms with Crippen molar-refractivity contribution in [2.45, 2.75) is 39.2 Å². The summed E-state index contributed by atoms with van der Waals surface area (Å²) in [5.74, 6) is 0.0112. The quantitative estimate of drug-likeness (QED) is 0.648. The number of aryl methyl sites for hydroxylation is 2. The summed E-state index contributed by atoms with van der Waals surface area (Å²) in [7, 11) is 0. The maximum Gasteiger partial charge on any atom is 0.262 e. The minimum Gasteiger partial charge on any atom is -0.349 e. The van der Waals surface area contributed by atoms with E-state index in [1.54, 1.807) is 11.3 Å². The highest BCUT2D eigenvalue weighted by atomic mass is 35.5. The Labute approximate surface area is 153 Å². The molecular weight excluding hydrogens is 360 g/mol. The Morgan fingerprint density at radius 2 is 2.17 bits per heavy atom. The zero-order valence-corrected chi connectivity index (χ0v) is 15.9. The van der Waals surface area contributed by atoms with E-state index in [0.29, 0.717) is 11.1 Å². The molecule has 1 aliphatic rings. The molecule has 3 aromatic rings. The van der Waals surface area contributed by atoms with Crippen LogP contribution in [0.3, 0.4) is 0 Å². The molecule has 1 fully saturated rings. The summed E-state index contributed by atoms with van der Waals surface area (Å²) in [6.07, 6.45) is 3.35. The lowest BCUT2D eigenvalue weighted by molar-refractivity contribution is 0.0922. The number of nitrogens with one attached hydrogen (secondary N) is 1. The molecular formula is C18H17ClN2OS2. The summed E-state index contributed by atoms with van der Waals surface area (Å²) >= 11 is 9.53. The van der Waals surface area contributed by atoms with E-state index in [1.807, 2.05) is 19.2 Å². The zero-order chi connectivity index (χ0) is 16.8. The van der Waals surface area contributed by atoms with Gasteiger partial charge in [0.1, 0.15) is 9.71 Å². The van der Waals surface area contributed by atoms with Gasteiger partial charge in [0.25, 0.3) is 5.91 Å². The van der Waals surface area contributed by atoms with Crippen LogP contribution in [0.15, 0.2) is 16.8 Å². The fraction of sp³-hybridized carbons (Fsp3) is 0.333. The monoisotopic (exact) mass is 376 g/mol. The SMILES string of the molecule is Cc1nc2sc(C(=O)NC3CCC3)c(-c3ccsc3)c2c(C)c1Cl. The number of aromatic nitrogens is 1. The van der Waals surface area contributed by atoms with Gasteiger partial charge in [-0.1, -0.05) is 11.6 Å². The summed E-state index contributed by atoms with van der Waals surface area (Å²) in [6, 6.07) is 2.37. The Kier molecular flexibility index (Phi) is 4.11. The van der Waals surface area contributed by atoms with Crippen LogP contribution in [0.4, 0.5) is 0 Å². The van der Waals surface area contributed by atoms with Crippen LogP contribution in [0.5, 0.6) is 0 Å². The standard InChI is InChI=1S/C18H17ClN2OS2/c1-9-13-14(11-6-7-23-8-11)16(17(22)21-12-4-3-5-12)24-18(13)20-10(2)15(9)19/h6-8,12H,3-5H2,1-2H3,(H,21,22). The van der Waals surface area contributed by atoms with Crippen LogP contribution in [0.2, 0.25) is 5.02 Å². The molecule has 0 bridgehead atoms. The molecule has 0 saturated heterocycles. The van der Waals surface area contributed by atoms with E-state index < -0.39 is 0 Å². The van der Waals surface area contributed by atoms with Crippen LogP contribution in [0.25, 0.3) is 21.3 Å². The molecule has 1 saturated carbocycles. The molecule has 1 amide bonds. The number of pyridine rings is 1. The molecule has 0 radical (unpaired) electrons. The lowest BCUT2D eigenvalue weighted by Crippen LogP contribution is -2.39. The van der Waals surface area contributed by atoms with Crippen molar-refractivity contribution in [3.63, 3.8) is 0 Å². The molecule has 0 aromatic carbocycles. The van der Waals surface area contributed by atoms with Gasteiger partial charge in [-0.25, -0.2) is 4.98 Å². The van der Waals surface area contributed by atoms with Crippen LogP contribution < -0.4 is 5.32 Å². The minimum absolute atomic E-state index is 0.0112. The van der Waals surface area contributed by atoms with Crippen LogP contribution in [-0.2, 0) is 0 Å². The average Bonchev–Trinajstić information content (AvgIpc) is 3.15.